The molecule has 18 heavy (non-hydrogen) atoms. The summed E-state index contributed by atoms with van der Waals surface area (Å²) >= 11 is 0. The molecule has 1 aromatic rings. The Kier molecular flexibility index (Phi) is 4.73. The molecule has 4 heteroatoms. The average molecular weight is 247 g/mol. The second-order valence-electron chi connectivity index (χ2n) is 4.59. The Bertz CT molecular complexity index is 400. The standard InChI is InChI=1S/C14H21N3O/c1-2-12-5-3-4-6-13(12)16-14(18)11-17-9-7-15-8-10-17/h3-6,15H,2,7-11H2,1H3,(H,16,18). The summed E-state index contributed by atoms with van der Waals surface area (Å²) in [6, 6.07) is 7.99. The zero-order valence-corrected chi connectivity index (χ0v) is 10.9. The number of para-hydroxylation sites is 1. The van der Waals surface area contributed by atoms with Crippen LogP contribution in [0.1, 0.15) is 12.5 Å². The largest absolute Gasteiger partial charge is 0.325 e. The summed E-state index contributed by atoms with van der Waals surface area (Å²) < 4.78 is 0. The van der Waals surface area contributed by atoms with Crippen LogP contribution in [0, 0.1) is 0 Å². The van der Waals surface area contributed by atoms with Crippen LogP contribution in [0.5, 0.6) is 0 Å². The van der Waals surface area contributed by atoms with E-state index in [1.54, 1.807) is 0 Å². The molecule has 1 aliphatic heterocycles. The highest BCUT2D eigenvalue weighted by Gasteiger charge is 2.13. The molecular formula is C14H21N3O. The molecule has 0 atom stereocenters. The minimum absolute atomic E-state index is 0.0813. The molecule has 1 aliphatic rings. The fourth-order valence-corrected chi connectivity index (χ4v) is 2.21. The Hall–Kier alpha value is -1.39. The van der Waals surface area contributed by atoms with Crippen molar-refractivity contribution < 1.29 is 4.79 Å². The fraction of sp³-hybridized carbons (Fsp3) is 0.500. The highest BCUT2D eigenvalue weighted by molar-refractivity contribution is 5.93. The zero-order valence-electron chi connectivity index (χ0n) is 10.9. The average Bonchev–Trinajstić information content (AvgIpc) is 2.40. The van der Waals surface area contributed by atoms with E-state index in [1.807, 2.05) is 18.2 Å². The van der Waals surface area contributed by atoms with Gasteiger partial charge in [-0.1, -0.05) is 25.1 Å². The Morgan fingerprint density at radius 3 is 2.78 bits per heavy atom. The molecule has 1 aromatic carbocycles. The van der Waals surface area contributed by atoms with Gasteiger partial charge in [0.15, 0.2) is 0 Å². The van der Waals surface area contributed by atoms with Gasteiger partial charge in [-0.25, -0.2) is 0 Å². The van der Waals surface area contributed by atoms with Gasteiger partial charge >= 0.3 is 0 Å². The van der Waals surface area contributed by atoms with Crippen LogP contribution < -0.4 is 10.6 Å². The van der Waals surface area contributed by atoms with Gasteiger partial charge in [0.2, 0.25) is 5.91 Å². The Labute approximate surface area is 108 Å². The number of hydrogen-bond acceptors (Lipinski definition) is 3. The van der Waals surface area contributed by atoms with Gasteiger partial charge in [0.25, 0.3) is 0 Å². The van der Waals surface area contributed by atoms with Crippen LogP contribution in [0.25, 0.3) is 0 Å². The fourth-order valence-electron chi connectivity index (χ4n) is 2.21. The summed E-state index contributed by atoms with van der Waals surface area (Å²) in [6.45, 7) is 6.42. The van der Waals surface area contributed by atoms with E-state index >= 15 is 0 Å². The third kappa shape index (κ3) is 3.55. The predicted molar refractivity (Wildman–Crippen MR) is 73.8 cm³/mol. The van der Waals surface area contributed by atoms with Gasteiger partial charge in [-0.15, -0.1) is 0 Å². The second-order valence-corrected chi connectivity index (χ2v) is 4.59. The number of aryl methyl sites for hydroxylation is 1. The van der Waals surface area contributed by atoms with Crippen molar-refractivity contribution in [2.24, 2.45) is 0 Å². The van der Waals surface area contributed by atoms with Gasteiger partial charge in [-0.05, 0) is 18.1 Å². The molecule has 98 valence electrons. The maximum absolute atomic E-state index is 12.0. The first-order valence-electron chi connectivity index (χ1n) is 6.60. The van der Waals surface area contributed by atoms with E-state index < -0.39 is 0 Å². The van der Waals surface area contributed by atoms with E-state index in [2.05, 4.69) is 28.5 Å². The van der Waals surface area contributed by atoms with E-state index in [-0.39, 0.29) is 5.91 Å². The summed E-state index contributed by atoms with van der Waals surface area (Å²) in [4.78, 5) is 14.2. The smallest absolute Gasteiger partial charge is 0.238 e. The number of amides is 1. The number of nitrogens with one attached hydrogen (secondary N) is 2. The predicted octanol–water partition coefficient (Wildman–Crippen LogP) is 1.09. The molecule has 2 N–H and O–H groups in total. The Morgan fingerprint density at radius 2 is 2.06 bits per heavy atom. The van der Waals surface area contributed by atoms with Gasteiger partial charge in [0, 0.05) is 31.9 Å². The first-order chi connectivity index (χ1) is 8.79. The number of anilines is 1. The summed E-state index contributed by atoms with van der Waals surface area (Å²) in [5, 5.41) is 6.29. The normalized spacial score (nSPS) is 16.5. The lowest BCUT2D eigenvalue weighted by molar-refractivity contribution is -0.117. The van der Waals surface area contributed by atoms with Gasteiger partial charge in [0.1, 0.15) is 0 Å². The summed E-state index contributed by atoms with van der Waals surface area (Å²) in [5.74, 6) is 0.0813. The Morgan fingerprint density at radius 1 is 1.33 bits per heavy atom. The monoisotopic (exact) mass is 247 g/mol. The van der Waals surface area contributed by atoms with Crippen LogP contribution in [0.15, 0.2) is 24.3 Å². The summed E-state index contributed by atoms with van der Waals surface area (Å²) in [7, 11) is 0. The molecule has 2 rings (SSSR count). The van der Waals surface area contributed by atoms with E-state index in [9.17, 15) is 4.79 Å². The maximum Gasteiger partial charge on any atom is 0.238 e. The molecule has 4 nitrogen and oxygen atoms in total. The molecule has 0 aromatic heterocycles. The minimum atomic E-state index is 0.0813. The number of hydrogen-bond donors (Lipinski definition) is 2. The van der Waals surface area contributed by atoms with Crippen LogP contribution in [0.3, 0.4) is 0 Å². The number of piperazine rings is 1. The zero-order chi connectivity index (χ0) is 12.8. The van der Waals surface area contributed by atoms with Crippen molar-refractivity contribution >= 4 is 11.6 Å². The third-order valence-electron chi connectivity index (χ3n) is 3.25. The molecule has 1 heterocycles. The minimum Gasteiger partial charge on any atom is -0.325 e. The van der Waals surface area contributed by atoms with Crippen molar-refractivity contribution in [2.75, 3.05) is 38.0 Å². The molecule has 0 spiro atoms. The van der Waals surface area contributed by atoms with Crippen LogP contribution in [-0.4, -0.2) is 43.5 Å². The van der Waals surface area contributed by atoms with Gasteiger partial charge < -0.3 is 10.6 Å². The van der Waals surface area contributed by atoms with Crippen molar-refractivity contribution in [3.63, 3.8) is 0 Å². The van der Waals surface area contributed by atoms with Crippen molar-refractivity contribution in [3.05, 3.63) is 29.8 Å². The van der Waals surface area contributed by atoms with Crippen LogP contribution in [0.4, 0.5) is 5.69 Å². The van der Waals surface area contributed by atoms with Gasteiger partial charge in [-0.2, -0.15) is 0 Å². The van der Waals surface area contributed by atoms with Gasteiger partial charge in [0.05, 0.1) is 6.54 Å². The number of nitrogens with zero attached hydrogens (tertiary/aromatic N) is 1. The lowest BCUT2D eigenvalue weighted by Crippen LogP contribution is -2.46. The maximum atomic E-state index is 12.0. The number of rotatable bonds is 4. The molecule has 0 unspecified atom stereocenters. The lowest BCUT2D eigenvalue weighted by Gasteiger charge is -2.26. The highest BCUT2D eigenvalue weighted by Crippen LogP contribution is 2.15. The molecule has 0 bridgehead atoms. The van der Waals surface area contributed by atoms with Crippen molar-refractivity contribution in [1.82, 2.24) is 10.2 Å². The summed E-state index contributed by atoms with van der Waals surface area (Å²) in [6.07, 6.45) is 0.935. The molecule has 1 saturated heterocycles. The highest BCUT2D eigenvalue weighted by atomic mass is 16.2. The lowest BCUT2D eigenvalue weighted by atomic mass is 10.1. The third-order valence-corrected chi connectivity index (χ3v) is 3.25. The SMILES string of the molecule is CCc1ccccc1NC(=O)CN1CCNCC1. The molecule has 1 fully saturated rings. The number of carbonyl (C=O) groups excluding carboxylic acids is 1. The second kappa shape index (κ2) is 6.52. The first-order valence-corrected chi connectivity index (χ1v) is 6.60. The van der Waals surface area contributed by atoms with E-state index in [1.165, 1.54) is 5.56 Å². The quantitative estimate of drug-likeness (QED) is 0.837. The number of benzene rings is 1. The van der Waals surface area contributed by atoms with Gasteiger partial charge in [-0.3, -0.25) is 9.69 Å². The van der Waals surface area contributed by atoms with Crippen LogP contribution in [0.2, 0.25) is 0 Å². The Balaban J connectivity index is 1.90. The molecule has 0 radical (unpaired) electrons. The van der Waals surface area contributed by atoms with Crippen molar-refractivity contribution in [2.45, 2.75) is 13.3 Å². The van der Waals surface area contributed by atoms with E-state index in [0.717, 1.165) is 38.3 Å². The van der Waals surface area contributed by atoms with Crippen LogP contribution >= 0.6 is 0 Å². The first kappa shape index (κ1) is 13.1. The molecule has 1 amide bonds. The van der Waals surface area contributed by atoms with Crippen molar-refractivity contribution in [3.8, 4) is 0 Å². The summed E-state index contributed by atoms with van der Waals surface area (Å²) in [5.41, 5.74) is 2.13. The van der Waals surface area contributed by atoms with Crippen LogP contribution in [-0.2, 0) is 11.2 Å². The topological polar surface area (TPSA) is 44.4 Å². The van der Waals surface area contributed by atoms with E-state index in [0.29, 0.717) is 6.54 Å². The van der Waals surface area contributed by atoms with Crippen molar-refractivity contribution in [1.29, 1.82) is 0 Å². The molecular weight excluding hydrogens is 226 g/mol. The molecule has 0 aliphatic carbocycles. The number of carbonyl (C=O) groups is 1. The molecule has 0 saturated carbocycles. The van der Waals surface area contributed by atoms with E-state index in [4.69, 9.17) is 0 Å².